The molecule has 2 heterocycles. The van der Waals surface area contributed by atoms with Crippen molar-refractivity contribution in [1.82, 2.24) is 10.1 Å². The summed E-state index contributed by atoms with van der Waals surface area (Å²) in [5, 5.41) is 3.93. The number of ether oxygens (including phenoxy) is 1. The SMILES string of the molecule is Cc1noc(C)c1COc1ccc(CC(=O)N2CCN(c3ccc(F)cc3)CC2)cc1. The summed E-state index contributed by atoms with van der Waals surface area (Å²) in [5.74, 6) is 1.38. The van der Waals surface area contributed by atoms with Gasteiger partial charge in [-0.15, -0.1) is 0 Å². The third kappa shape index (κ3) is 5.05. The number of nitrogens with zero attached hydrogens (tertiary/aromatic N) is 3. The van der Waals surface area contributed by atoms with Crippen LogP contribution in [0.5, 0.6) is 5.75 Å². The molecule has 0 radical (unpaired) electrons. The summed E-state index contributed by atoms with van der Waals surface area (Å²) in [6.45, 7) is 6.97. The molecule has 0 atom stereocenters. The van der Waals surface area contributed by atoms with Crippen molar-refractivity contribution in [1.29, 1.82) is 0 Å². The smallest absolute Gasteiger partial charge is 0.227 e. The van der Waals surface area contributed by atoms with Crippen LogP contribution in [0.1, 0.15) is 22.6 Å². The van der Waals surface area contributed by atoms with Crippen LogP contribution in [0.3, 0.4) is 0 Å². The van der Waals surface area contributed by atoms with E-state index in [1.54, 1.807) is 12.1 Å². The fourth-order valence-electron chi connectivity index (χ4n) is 3.72. The number of hydrogen-bond donors (Lipinski definition) is 0. The molecule has 0 spiro atoms. The normalized spacial score (nSPS) is 14.0. The number of aryl methyl sites for hydroxylation is 2. The van der Waals surface area contributed by atoms with Crippen molar-refractivity contribution in [3.8, 4) is 5.75 Å². The van der Waals surface area contributed by atoms with Crippen molar-refractivity contribution >= 4 is 11.6 Å². The third-order valence-corrected chi connectivity index (χ3v) is 5.67. The van der Waals surface area contributed by atoms with Crippen LogP contribution in [0, 0.1) is 19.7 Å². The Labute approximate surface area is 181 Å². The number of halogens is 1. The van der Waals surface area contributed by atoms with Gasteiger partial charge in [0.15, 0.2) is 0 Å². The second-order valence-corrected chi connectivity index (χ2v) is 7.76. The Morgan fingerprint density at radius 3 is 2.32 bits per heavy atom. The predicted molar refractivity (Wildman–Crippen MR) is 116 cm³/mol. The van der Waals surface area contributed by atoms with E-state index in [0.717, 1.165) is 47.1 Å². The number of piperazine rings is 1. The number of benzene rings is 2. The number of carbonyl (C=O) groups is 1. The fraction of sp³-hybridized carbons (Fsp3) is 0.333. The van der Waals surface area contributed by atoms with Gasteiger partial charge in [0.05, 0.1) is 17.7 Å². The van der Waals surface area contributed by atoms with Crippen LogP contribution >= 0.6 is 0 Å². The molecular weight excluding hydrogens is 397 g/mol. The van der Waals surface area contributed by atoms with E-state index in [-0.39, 0.29) is 11.7 Å². The van der Waals surface area contributed by atoms with Crippen LogP contribution in [0.4, 0.5) is 10.1 Å². The second-order valence-electron chi connectivity index (χ2n) is 7.76. The summed E-state index contributed by atoms with van der Waals surface area (Å²) in [6.07, 6.45) is 0.362. The number of hydrogen-bond acceptors (Lipinski definition) is 5. The molecule has 0 unspecified atom stereocenters. The summed E-state index contributed by atoms with van der Waals surface area (Å²) in [7, 11) is 0. The van der Waals surface area contributed by atoms with Crippen molar-refractivity contribution in [3.05, 3.63) is 76.9 Å². The first kappa shape index (κ1) is 20.9. The van der Waals surface area contributed by atoms with E-state index in [1.165, 1.54) is 12.1 Å². The van der Waals surface area contributed by atoms with Crippen molar-refractivity contribution in [2.24, 2.45) is 0 Å². The summed E-state index contributed by atoms with van der Waals surface area (Å²) in [5.41, 5.74) is 3.73. The van der Waals surface area contributed by atoms with Crippen LogP contribution in [0.2, 0.25) is 0 Å². The van der Waals surface area contributed by atoms with Gasteiger partial charge in [-0.05, 0) is 55.8 Å². The molecule has 1 aliphatic rings. The topological polar surface area (TPSA) is 58.8 Å². The molecule has 7 heteroatoms. The van der Waals surface area contributed by atoms with Gasteiger partial charge in [-0.2, -0.15) is 0 Å². The third-order valence-electron chi connectivity index (χ3n) is 5.67. The lowest BCUT2D eigenvalue weighted by molar-refractivity contribution is -0.130. The summed E-state index contributed by atoms with van der Waals surface area (Å²) in [6, 6.07) is 14.1. The van der Waals surface area contributed by atoms with E-state index >= 15 is 0 Å². The molecular formula is C24H26FN3O3. The Balaban J connectivity index is 1.26. The molecule has 0 bridgehead atoms. The van der Waals surface area contributed by atoms with Gasteiger partial charge in [0, 0.05) is 31.9 Å². The van der Waals surface area contributed by atoms with Gasteiger partial charge in [0.2, 0.25) is 5.91 Å². The molecule has 2 aromatic carbocycles. The van der Waals surface area contributed by atoms with Crippen LogP contribution in [-0.2, 0) is 17.8 Å². The molecule has 3 aromatic rings. The molecule has 162 valence electrons. The Morgan fingerprint density at radius 2 is 1.71 bits per heavy atom. The highest BCUT2D eigenvalue weighted by molar-refractivity contribution is 5.79. The number of anilines is 1. The maximum atomic E-state index is 13.1. The zero-order valence-corrected chi connectivity index (χ0v) is 17.8. The van der Waals surface area contributed by atoms with Crippen molar-refractivity contribution in [3.63, 3.8) is 0 Å². The molecule has 1 aromatic heterocycles. The monoisotopic (exact) mass is 423 g/mol. The molecule has 1 fully saturated rings. The van der Waals surface area contributed by atoms with Gasteiger partial charge in [-0.1, -0.05) is 17.3 Å². The van der Waals surface area contributed by atoms with Crippen LogP contribution in [0.25, 0.3) is 0 Å². The van der Waals surface area contributed by atoms with E-state index in [1.807, 2.05) is 43.0 Å². The highest BCUT2D eigenvalue weighted by Gasteiger charge is 2.21. The standard InChI is InChI=1S/C24H26FN3O3/c1-17-23(18(2)31-26-17)16-30-22-9-3-19(4-10-22)15-24(29)28-13-11-27(12-14-28)21-7-5-20(25)6-8-21/h3-10H,11-16H2,1-2H3. The lowest BCUT2D eigenvalue weighted by Gasteiger charge is -2.36. The number of aromatic nitrogens is 1. The average Bonchev–Trinajstić information content (AvgIpc) is 3.11. The van der Waals surface area contributed by atoms with Gasteiger partial charge >= 0.3 is 0 Å². The molecule has 1 aliphatic heterocycles. The van der Waals surface area contributed by atoms with E-state index < -0.39 is 0 Å². The Hall–Kier alpha value is -3.35. The predicted octanol–water partition coefficient (Wildman–Crippen LogP) is 3.90. The largest absolute Gasteiger partial charge is 0.489 e. The maximum Gasteiger partial charge on any atom is 0.227 e. The van der Waals surface area contributed by atoms with Crippen LogP contribution < -0.4 is 9.64 Å². The van der Waals surface area contributed by atoms with E-state index in [2.05, 4.69) is 10.1 Å². The molecule has 4 rings (SSSR count). The van der Waals surface area contributed by atoms with Crippen LogP contribution in [0.15, 0.2) is 53.1 Å². The lowest BCUT2D eigenvalue weighted by atomic mass is 10.1. The van der Waals surface area contributed by atoms with E-state index in [9.17, 15) is 9.18 Å². The fourth-order valence-corrected chi connectivity index (χ4v) is 3.72. The van der Waals surface area contributed by atoms with Gasteiger partial charge < -0.3 is 19.1 Å². The first-order chi connectivity index (χ1) is 15.0. The summed E-state index contributed by atoms with van der Waals surface area (Å²) < 4.78 is 24.1. The molecule has 1 amide bonds. The van der Waals surface area contributed by atoms with E-state index in [4.69, 9.17) is 9.26 Å². The van der Waals surface area contributed by atoms with Gasteiger partial charge in [-0.25, -0.2) is 4.39 Å². The Morgan fingerprint density at radius 1 is 1.03 bits per heavy atom. The zero-order valence-electron chi connectivity index (χ0n) is 17.8. The quantitative estimate of drug-likeness (QED) is 0.602. The molecule has 6 nitrogen and oxygen atoms in total. The Bertz CT molecular complexity index is 1000. The molecule has 0 N–H and O–H groups in total. The van der Waals surface area contributed by atoms with Gasteiger partial charge in [-0.3, -0.25) is 4.79 Å². The highest BCUT2D eigenvalue weighted by atomic mass is 19.1. The average molecular weight is 423 g/mol. The minimum Gasteiger partial charge on any atom is -0.489 e. The molecule has 1 saturated heterocycles. The van der Waals surface area contributed by atoms with Crippen molar-refractivity contribution in [2.45, 2.75) is 26.9 Å². The summed E-state index contributed by atoms with van der Waals surface area (Å²) >= 11 is 0. The number of rotatable bonds is 6. The Kier molecular flexibility index (Phi) is 6.21. The summed E-state index contributed by atoms with van der Waals surface area (Å²) in [4.78, 5) is 16.8. The first-order valence-corrected chi connectivity index (χ1v) is 10.4. The molecule has 0 aliphatic carbocycles. The van der Waals surface area contributed by atoms with Gasteiger partial charge in [0.1, 0.15) is 23.9 Å². The van der Waals surface area contributed by atoms with E-state index in [0.29, 0.717) is 26.1 Å². The van der Waals surface area contributed by atoms with Crippen LogP contribution in [-0.4, -0.2) is 42.1 Å². The zero-order chi connectivity index (χ0) is 21.8. The maximum absolute atomic E-state index is 13.1. The minimum atomic E-state index is -0.238. The second kappa shape index (κ2) is 9.20. The molecule has 31 heavy (non-hydrogen) atoms. The highest BCUT2D eigenvalue weighted by Crippen LogP contribution is 2.20. The molecule has 0 saturated carbocycles. The van der Waals surface area contributed by atoms with Crippen molar-refractivity contribution in [2.75, 3.05) is 31.1 Å². The van der Waals surface area contributed by atoms with Crippen molar-refractivity contribution < 1.29 is 18.4 Å². The van der Waals surface area contributed by atoms with Gasteiger partial charge in [0.25, 0.3) is 0 Å². The lowest BCUT2D eigenvalue weighted by Crippen LogP contribution is -2.49. The minimum absolute atomic E-state index is 0.114. The number of carbonyl (C=O) groups excluding carboxylic acids is 1. The number of amides is 1. The first-order valence-electron chi connectivity index (χ1n) is 10.4.